The summed E-state index contributed by atoms with van der Waals surface area (Å²) in [5, 5.41) is 40.6. The Kier molecular flexibility index (Phi) is 5.95. The van der Waals surface area contributed by atoms with Crippen LogP contribution in [0.4, 0.5) is 13.2 Å². The zero-order valence-electron chi connectivity index (χ0n) is 17.0. The fourth-order valence-electron chi connectivity index (χ4n) is 4.22. The predicted molar refractivity (Wildman–Crippen MR) is 104 cm³/mol. The van der Waals surface area contributed by atoms with Crippen molar-refractivity contribution in [2.75, 3.05) is 6.61 Å². The normalized spacial score (nSPS) is 29.9. The molecule has 4 rings (SSSR count). The third-order valence-corrected chi connectivity index (χ3v) is 5.88. The molecule has 4 N–H and O–H groups in total. The molecule has 0 aromatic heterocycles. The Labute approximate surface area is 181 Å². The number of aliphatic hydroxyl groups excluding tert-OH is 4. The Morgan fingerprint density at radius 1 is 1.09 bits per heavy atom. The van der Waals surface area contributed by atoms with E-state index in [0.717, 1.165) is 22.3 Å². The summed E-state index contributed by atoms with van der Waals surface area (Å²) in [6, 6.07) is 9.10. The molecular weight excluding hydrogens is 433 g/mol. The number of hydrogen-bond donors (Lipinski definition) is 4. The van der Waals surface area contributed by atoms with Crippen LogP contribution >= 0.6 is 0 Å². The molecule has 32 heavy (non-hydrogen) atoms. The number of aryl methyl sites for hydroxylation is 1. The molecule has 7 nitrogen and oxygen atoms in total. The van der Waals surface area contributed by atoms with Gasteiger partial charge in [-0.2, -0.15) is 0 Å². The molecule has 0 aliphatic carbocycles. The largest absolute Gasteiger partial charge is 0.573 e. The van der Waals surface area contributed by atoms with E-state index in [1.54, 1.807) is 6.07 Å². The second-order valence-electron chi connectivity index (χ2n) is 8.03. The number of fused-ring (bicyclic) bond motifs is 2. The average molecular weight is 456 g/mol. The van der Waals surface area contributed by atoms with Crippen LogP contribution in [0.2, 0.25) is 0 Å². The highest BCUT2D eigenvalue weighted by molar-refractivity contribution is 5.45. The SMILES string of the molecule is Cc1cc2c(cc1Cc1ccc(OC(F)(F)F)cc1)C1(OC2)O[C@H](CO)[C@@H](O)[C@H](O)[C@H]1O. The molecule has 1 spiro atoms. The van der Waals surface area contributed by atoms with Gasteiger partial charge in [-0.3, -0.25) is 0 Å². The van der Waals surface area contributed by atoms with Gasteiger partial charge in [0.05, 0.1) is 13.2 Å². The van der Waals surface area contributed by atoms with Crippen molar-refractivity contribution < 1.29 is 47.8 Å². The minimum atomic E-state index is -4.77. The Morgan fingerprint density at radius 3 is 2.41 bits per heavy atom. The van der Waals surface area contributed by atoms with Crippen LogP contribution in [0.1, 0.15) is 27.8 Å². The van der Waals surface area contributed by atoms with Crippen LogP contribution in [0.5, 0.6) is 5.75 Å². The maximum Gasteiger partial charge on any atom is 0.573 e. The summed E-state index contributed by atoms with van der Waals surface area (Å²) in [4.78, 5) is 0. The molecule has 0 saturated carbocycles. The molecule has 0 amide bonds. The van der Waals surface area contributed by atoms with Gasteiger partial charge in [0.2, 0.25) is 5.79 Å². The molecule has 2 aliphatic rings. The summed E-state index contributed by atoms with van der Waals surface area (Å²) in [7, 11) is 0. The van der Waals surface area contributed by atoms with Crippen molar-refractivity contribution in [1.29, 1.82) is 0 Å². The molecular formula is C22H23F3O7. The number of rotatable bonds is 4. The van der Waals surface area contributed by atoms with Crippen LogP contribution in [0.25, 0.3) is 0 Å². The highest BCUT2D eigenvalue weighted by atomic mass is 19.4. The fraction of sp³-hybridized carbons (Fsp3) is 0.455. The molecule has 2 aromatic rings. The Hall–Kier alpha value is -2.21. The van der Waals surface area contributed by atoms with Crippen LogP contribution in [0.15, 0.2) is 36.4 Å². The number of benzene rings is 2. The second-order valence-corrected chi connectivity index (χ2v) is 8.03. The summed E-state index contributed by atoms with van der Waals surface area (Å²) in [5.74, 6) is -2.07. The van der Waals surface area contributed by atoms with Crippen molar-refractivity contribution in [3.05, 3.63) is 64.2 Å². The van der Waals surface area contributed by atoms with Crippen molar-refractivity contribution in [2.45, 2.75) is 56.5 Å². The lowest BCUT2D eigenvalue weighted by atomic mass is 9.85. The molecule has 174 valence electrons. The first-order valence-electron chi connectivity index (χ1n) is 9.98. The van der Waals surface area contributed by atoms with E-state index in [0.29, 0.717) is 12.0 Å². The Balaban J connectivity index is 1.64. The van der Waals surface area contributed by atoms with Crippen molar-refractivity contribution in [2.24, 2.45) is 0 Å². The van der Waals surface area contributed by atoms with Crippen LogP contribution in [-0.4, -0.2) is 57.8 Å². The van der Waals surface area contributed by atoms with E-state index in [4.69, 9.17) is 9.47 Å². The van der Waals surface area contributed by atoms with E-state index in [9.17, 15) is 33.6 Å². The van der Waals surface area contributed by atoms with Crippen LogP contribution < -0.4 is 4.74 Å². The van der Waals surface area contributed by atoms with Gasteiger partial charge < -0.3 is 34.6 Å². The average Bonchev–Trinajstić information content (AvgIpc) is 3.08. The number of halogens is 3. The molecule has 2 aliphatic heterocycles. The maximum atomic E-state index is 12.4. The van der Waals surface area contributed by atoms with Crippen LogP contribution in [-0.2, 0) is 28.3 Å². The zero-order chi connectivity index (χ0) is 23.3. The number of hydrogen-bond acceptors (Lipinski definition) is 7. The zero-order valence-corrected chi connectivity index (χ0v) is 17.0. The first-order chi connectivity index (χ1) is 15.0. The number of aliphatic hydroxyl groups is 4. The van der Waals surface area contributed by atoms with Crippen LogP contribution in [0, 0.1) is 6.92 Å². The van der Waals surface area contributed by atoms with Crippen molar-refractivity contribution >= 4 is 0 Å². The first-order valence-corrected chi connectivity index (χ1v) is 9.98. The van der Waals surface area contributed by atoms with Gasteiger partial charge in [-0.25, -0.2) is 0 Å². The topological polar surface area (TPSA) is 109 Å². The van der Waals surface area contributed by atoms with E-state index < -0.39 is 43.2 Å². The standard InChI is InChI=1S/C22H23F3O7/c1-11-6-14-10-30-21(20(29)19(28)18(27)17(9-26)32-21)16(14)8-13(11)7-12-2-4-15(5-3-12)31-22(23,24)25/h2-6,8,17-20,26-29H,7,9-10H2,1H3/t17-,18-,19+,20-,21?/m1/s1. The molecule has 2 aromatic carbocycles. The van der Waals surface area contributed by atoms with Gasteiger partial charge in [0, 0.05) is 5.56 Å². The van der Waals surface area contributed by atoms with Gasteiger partial charge >= 0.3 is 6.36 Å². The van der Waals surface area contributed by atoms with Gasteiger partial charge in [-0.1, -0.05) is 18.2 Å². The number of alkyl halides is 3. The lowest BCUT2D eigenvalue weighted by Gasteiger charge is -2.46. The highest BCUT2D eigenvalue weighted by Gasteiger charge is 2.58. The van der Waals surface area contributed by atoms with Crippen molar-refractivity contribution in [1.82, 2.24) is 0 Å². The fourth-order valence-corrected chi connectivity index (χ4v) is 4.22. The quantitative estimate of drug-likeness (QED) is 0.554. The molecule has 1 saturated heterocycles. The summed E-state index contributed by atoms with van der Waals surface area (Å²) in [5.41, 5.74) is 3.61. The third kappa shape index (κ3) is 4.09. The smallest absolute Gasteiger partial charge is 0.406 e. The lowest BCUT2D eigenvalue weighted by Crippen LogP contribution is -2.63. The molecule has 2 heterocycles. The summed E-state index contributed by atoms with van der Waals surface area (Å²) < 4.78 is 52.5. The van der Waals surface area contributed by atoms with Gasteiger partial charge in [0.25, 0.3) is 0 Å². The second kappa shape index (κ2) is 8.29. The minimum Gasteiger partial charge on any atom is -0.406 e. The highest BCUT2D eigenvalue weighted by Crippen LogP contribution is 2.46. The van der Waals surface area contributed by atoms with E-state index >= 15 is 0 Å². The summed E-state index contributed by atoms with van der Waals surface area (Å²) in [6.07, 6.45) is -10.3. The van der Waals surface area contributed by atoms with Gasteiger partial charge in [-0.15, -0.1) is 13.2 Å². The third-order valence-electron chi connectivity index (χ3n) is 5.88. The van der Waals surface area contributed by atoms with E-state index in [2.05, 4.69) is 4.74 Å². The summed E-state index contributed by atoms with van der Waals surface area (Å²) in [6.45, 7) is 1.38. The minimum absolute atomic E-state index is 0.0952. The first kappa shape index (κ1) is 23.0. The van der Waals surface area contributed by atoms with E-state index in [1.807, 2.05) is 13.0 Å². The molecule has 1 fully saturated rings. The maximum absolute atomic E-state index is 12.4. The lowest BCUT2D eigenvalue weighted by molar-refractivity contribution is -0.368. The van der Waals surface area contributed by atoms with Crippen molar-refractivity contribution in [3.63, 3.8) is 0 Å². The van der Waals surface area contributed by atoms with Gasteiger partial charge in [0.1, 0.15) is 30.2 Å². The van der Waals surface area contributed by atoms with E-state index in [-0.39, 0.29) is 12.4 Å². The van der Waals surface area contributed by atoms with Gasteiger partial charge in [0.15, 0.2) is 0 Å². The molecule has 1 unspecified atom stereocenters. The van der Waals surface area contributed by atoms with Crippen LogP contribution in [0.3, 0.4) is 0 Å². The predicted octanol–water partition coefficient (Wildman–Crippen LogP) is 1.64. The molecule has 0 radical (unpaired) electrons. The van der Waals surface area contributed by atoms with Crippen molar-refractivity contribution in [3.8, 4) is 5.75 Å². The Bertz CT molecular complexity index is 977. The summed E-state index contributed by atoms with van der Waals surface area (Å²) >= 11 is 0. The van der Waals surface area contributed by atoms with Gasteiger partial charge in [-0.05, 0) is 53.8 Å². The molecule has 10 heteroatoms. The molecule has 5 atom stereocenters. The number of ether oxygens (including phenoxy) is 3. The monoisotopic (exact) mass is 456 g/mol. The van der Waals surface area contributed by atoms with E-state index in [1.165, 1.54) is 24.3 Å². The molecule has 0 bridgehead atoms. The Morgan fingerprint density at radius 2 is 1.78 bits per heavy atom.